The number of carbonyl (C=O) groups excluding carboxylic acids is 1. The standard InChI is InChI=1S/C14H19ClN2O.ClH/c1-9-6-11(8-12(15)7-9)14(18)17-13-4-3-5-16-10(13)2;/h6-8,10,13,16H,3-5H2,1-2H3,(H,17,18);1H. The van der Waals surface area contributed by atoms with Gasteiger partial charge in [0.2, 0.25) is 0 Å². The number of aryl methyl sites for hydroxylation is 1. The largest absolute Gasteiger partial charge is 0.348 e. The molecule has 0 radical (unpaired) electrons. The van der Waals surface area contributed by atoms with Crippen molar-refractivity contribution in [1.29, 1.82) is 0 Å². The Bertz CT molecular complexity index is 431. The first-order valence-electron chi connectivity index (χ1n) is 6.37. The monoisotopic (exact) mass is 302 g/mol. The van der Waals surface area contributed by atoms with Crippen LogP contribution in [0.4, 0.5) is 0 Å². The minimum Gasteiger partial charge on any atom is -0.348 e. The predicted molar refractivity (Wildman–Crippen MR) is 81.4 cm³/mol. The molecule has 2 atom stereocenters. The van der Waals surface area contributed by atoms with Gasteiger partial charge in [-0.15, -0.1) is 12.4 Å². The third-order valence-corrected chi connectivity index (χ3v) is 3.60. The van der Waals surface area contributed by atoms with Gasteiger partial charge >= 0.3 is 0 Å². The lowest BCUT2D eigenvalue weighted by Crippen LogP contribution is -2.51. The van der Waals surface area contributed by atoms with E-state index in [-0.39, 0.29) is 24.4 Å². The molecule has 0 aliphatic carbocycles. The molecule has 5 heteroatoms. The maximum Gasteiger partial charge on any atom is 0.251 e. The smallest absolute Gasteiger partial charge is 0.251 e. The number of hydrogen-bond donors (Lipinski definition) is 2. The third kappa shape index (κ3) is 4.37. The molecule has 19 heavy (non-hydrogen) atoms. The Labute approximate surface area is 125 Å². The van der Waals surface area contributed by atoms with E-state index in [2.05, 4.69) is 17.6 Å². The molecule has 0 bridgehead atoms. The van der Waals surface area contributed by atoms with E-state index in [9.17, 15) is 4.79 Å². The average molecular weight is 303 g/mol. The second-order valence-corrected chi connectivity index (χ2v) is 5.42. The Morgan fingerprint density at radius 3 is 2.79 bits per heavy atom. The Hall–Kier alpha value is -0.770. The predicted octanol–water partition coefficient (Wildman–Crippen LogP) is 2.94. The quantitative estimate of drug-likeness (QED) is 0.882. The molecule has 2 rings (SSSR count). The first-order chi connectivity index (χ1) is 8.56. The topological polar surface area (TPSA) is 41.1 Å². The van der Waals surface area contributed by atoms with E-state index in [1.807, 2.05) is 19.1 Å². The molecule has 1 aliphatic rings. The van der Waals surface area contributed by atoms with Crippen LogP contribution in [-0.2, 0) is 0 Å². The molecular weight excluding hydrogens is 283 g/mol. The molecule has 1 aliphatic heterocycles. The zero-order valence-electron chi connectivity index (χ0n) is 11.2. The number of benzene rings is 1. The van der Waals surface area contributed by atoms with Crippen LogP contribution in [0.2, 0.25) is 5.02 Å². The average Bonchev–Trinajstić information content (AvgIpc) is 2.31. The van der Waals surface area contributed by atoms with Gasteiger partial charge in [-0.1, -0.05) is 11.6 Å². The zero-order chi connectivity index (χ0) is 13.1. The lowest BCUT2D eigenvalue weighted by molar-refractivity contribution is 0.0920. The SMILES string of the molecule is Cc1cc(Cl)cc(C(=O)NC2CCCNC2C)c1.Cl. The summed E-state index contributed by atoms with van der Waals surface area (Å²) >= 11 is 5.97. The van der Waals surface area contributed by atoms with Crippen LogP contribution in [-0.4, -0.2) is 24.5 Å². The molecular formula is C14H20Cl2N2O. The van der Waals surface area contributed by atoms with Crippen LogP contribution in [0.3, 0.4) is 0 Å². The summed E-state index contributed by atoms with van der Waals surface area (Å²) in [6.07, 6.45) is 2.13. The molecule has 1 saturated heterocycles. The van der Waals surface area contributed by atoms with Crippen molar-refractivity contribution in [3.05, 3.63) is 34.3 Å². The number of halogens is 2. The molecule has 1 fully saturated rings. The highest BCUT2D eigenvalue weighted by molar-refractivity contribution is 6.31. The van der Waals surface area contributed by atoms with Crippen molar-refractivity contribution in [3.63, 3.8) is 0 Å². The minimum atomic E-state index is -0.0406. The van der Waals surface area contributed by atoms with Crippen molar-refractivity contribution in [2.45, 2.75) is 38.8 Å². The van der Waals surface area contributed by atoms with Gasteiger partial charge in [-0.05, 0) is 57.0 Å². The number of carbonyl (C=O) groups is 1. The summed E-state index contributed by atoms with van der Waals surface area (Å²) in [6.45, 7) is 5.07. The van der Waals surface area contributed by atoms with E-state index in [0.29, 0.717) is 16.6 Å². The van der Waals surface area contributed by atoms with Crippen LogP contribution < -0.4 is 10.6 Å². The molecule has 1 heterocycles. The van der Waals surface area contributed by atoms with Gasteiger partial charge in [-0.2, -0.15) is 0 Å². The summed E-state index contributed by atoms with van der Waals surface area (Å²) in [5, 5.41) is 7.06. The Kier molecular flexibility index (Phi) is 6.11. The highest BCUT2D eigenvalue weighted by Gasteiger charge is 2.22. The van der Waals surface area contributed by atoms with Gasteiger partial charge in [0.05, 0.1) is 0 Å². The van der Waals surface area contributed by atoms with Crippen LogP contribution >= 0.6 is 24.0 Å². The number of amides is 1. The fraction of sp³-hybridized carbons (Fsp3) is 0.500. The van der Waals surface area contributed by atoms with Gasteiger partial charge in [-0.25, -0.2) is 0 Å². The number of rotatable bonds is 2. The second-order valence-electron chi connectivity index (χ2n) is 4.98. The first kappa shape index (κ1) is 16.3. The van der Waals surface area contributed by atoms with E-state index < -0.39 is 0 Å². The summed E-state index contributed by atoms with van der Waals surface area (Å²) in [5.41, 5.74) is 1.64. The van der Waals surface area contributed by atoms with Crippen molar-refractivity contribution >= 4 is 29.9 Å². The molecule has 2 N–H and O–H groups in total. The van der Waals surface area contributed by atoms with E-state index in [1.54, 1.807) is 6.07 Å². The number of piperidine rings is 1. The van der Waals surface area contributed by atoms with Crippen molar-refractivity contribution in [1.82, 2.24) is 10.6 Å². The van der Waals surface area contributed by atoms with Crippen molar-refractivity contribution in [3.8, 4) is 0 Å². The molecule has 1 aromatic carbocycles. The summed E-state index contributed by atoms with van der Waals surface area (Å²) in [6, 6.07) is 5.95. The maximum absolute atomic E-state index is 12.2. The molecule has 106 valence electrons. The van der Waals surface area contributed by atoms with Crippen molar-refractivity contribution < 1.29 is 4.79 Å². The maximum atomic E-state index is 12.2. The van der Waals surface area contributed by atoms with Crippen LogP contribution in [0.5, 0.6) is 0 Å². The number of nitrogens with one attached hydrogen (secondary N) is 2. The summed E-state index contributed by atoms with van der Waals surface area (Å²) in [4.78, 5) is 12.2. The molecule has 3 nitrogen and oxygen atoms in total. The van der Waals surface area contributed by atoms with Crippen molar-refractivity contribution in [2.75, 3.05) is 6.54 Å². The van der Waals surface area contributed by atoms with Crippen LogP contribution in [0.1, 0.15) is 35.7 Å². The number of hydrogen-bond acceptors (Lipinski definition) is 2. The van der Waals surface area contributed by atoms with Gasteiger partial charge in [0.15, 0.2) is 0 Å². The van der Waals surface area contributed by atoms with Crippen molar-refractivity contribution in [2.24, 2.45) is 0 Å². The van der Waals surface area contributed by atoms with Gasteiger partial charge < -0.3 is 10.6 Å². The highest BCUT2D eigenvalue weighted by Crippen LogP contribution is 2.15. The molecule has 2 unspecified atom stereocenters. The van der Waals surface area contributed by atoms with E-state index in [4.69, 9.17) is 11.6 Å². The molecule has 0 aromatic heterocycles. The normalized spacial score (nSPS) is 22.5. The van der Waals surface area contributed by atoms with E-state index >= 15 is 0 Å². The summed E-state index contributed by atoms with van der Waals surface area (Å²) in [7, 11) is 0. The zero-order valence-corrected chi connectivity index (χ0v) is 12.8. The van der Waals surface area contributed by atoms with E-state index in [1.165, 1.54) is 0 Å². The highest BCUT2D eigenvalue weighted by atomic mass is 35.5. The molecule has 1 aromatic rings. The Balaban J connectivity index is 0.00000180. The van der Waals surface area contributed by atoms with Gasteiger partial charge in [-0.3, -0.25) is 4.79 Å². The fourth-order valence-electron chi connectivity index (χ4n) is 2.36. The van der Waals surface area contributed by atoms with Gasteiger partial charge in [0.25, 0.3) is 5.91 Å². The lowest BCUT2D eigenvalue weighted by Gasteiger charge is -2.30. The lowest BCUT2D eigenvalue weighted by atomic mass is 9.99. The molecule has 0 saturated carbocycles. The van der Waals surface area contributed by atoms with Crippen LogP contribution in [0.15, 0.2) is 18.2 Å². The fourth-order valence-corrected chi connectivity index (χ4v) is 2.65. The van der Waals surface area contributed by atoms with Gasteiger partial charge in [0.1, 0.15) is 0 Å². The Morgan fingerprint density at radius 2 is 2.16 bits per heavy atom. The minimum absolute atomic E-state index is 0. The third-order valence-electron chi connectivity index (χ3n) is 3.38. The Morgan fingerprint density at radius 1 is 1.42 bits per heavy atom. The van der Waals surface area contributed by atoms with Crippen LogP contribution in [0.25, 0.3) is 0 Å². The van der Waals surface area contributed by atoms with Gasteiger partial charge in [0, 0.05) is 22.7 Å². The summed E-state index contributed by atoms with van der Waals surface area (Å²) in [5.74, 6) is -0.0406. The van der Waals surface area contributed by atoms with E-state index in [0.717, 1.165) is 24.9 Å². The molecule has 0 spiro atoms. The summed E-state index contributed by atoms with van der Waals surface area (Å²) < 4.78 is 0. The molecule has 1 amide bonds. The second kappa shape index (κ2) is 7.13. The first-order valence-corrected chi connectivity index (χ1v) is 6.75. The van der Waals surface area contributed by atoms with Crippen LogP contribution in [0, 0.1) is 6.92 Å².